The van der Waals surface area contributed by atoms with Gasteiger partial charge in [0.15, 0.2) is 5.58 Å². The molecule has 2 unspecified atom stereocenters. The zero-order chi connectivity index (χ0) is 14.1. The van der Waals surface area contributed by atoms with Crippen molar-refractivity contribution < 1.29 is 13.9 Å². The number of aliphatic hydroxyl groups is 1. The summed E-state index contributed by atoms with van der Waals surface area (Å²) in [5, 5.41) is 9.54. The summed E-state index contributed by atoms with van der Waals surface area (Å²) >= 11 is 0. The van der Waals surface area contributed by atoms with Gasteiger partial charge in [-0.15, -0.1) is 0 Å². The van der Waals surface area contributed by atoms with Gasteiger partial charge < -0.3 is 9.52 Å². The van der Waals surface area contributed by atoms with Crippen molar-refractivity contribution in [2.75, 3.05) is 13.2 Å². The molecule has 1 aliphatic heterocycles. The number of hydrogen-bond donors (Lipinski definition) is 1. The predicted molar refractivity (Wildman–Crippen MR) is 73.6 cm³/mol. The van der Waals surface area contributed by atoms with Gasteiger partial charge in [-0.2, -0.15) is 0 Å². The first-order chi connectivity index (χ1) is 9.67. The van der Waals surface area contributed by atoms with E-state index < -0.39 is 0 Å². The topological polar surface area (TPSA) is 49.5 Å². The standard InChI is InChI=1S/C15H19FN2O2/c1-10-3-2-6-18(13(10)9-19)8-15-17-12-5-4-11(16)7-14(12)20-15/h4-5,7,10,13,19H,2-3,6,8-9H2,1H3. The van der Waals surface area contributed by atoms with Crippen LogP contribution in [0.3, 0.4) is 0 Å². The lowest BCUT2D eigenvalue weighted by Crippen LogP contribution is -2.46. The molecule has 1 fully saturated rings. The molecule has 1 aromatic heterocycles. The first-order valence-corrected chi connectivity index (χ1v) is 7.07. The normalized spacial score (nSPS) is 24.4. The van der Waals surface area contributed by atoms with Crippen LogP contribution in [0.5, 0.6) is 0 Å². The summed E-state index contributed by atoms with van der Waals surface area (Å²) in [6.45, 7) is 3.80. The molecule has 2 atom stereocenters. The third-order valence-corrected chi connectivity index (χ3v) is 4.15. The first-order valence-electron chi connectivity index (χ1n) is 7.07. The lowest BCUT2D eigenvalue weighted by atomic mass is 9.91. The molecule has 4 nitrogen and oxygen atoms in total. The molecular weight excluding hydrogens is 259 g/mol. The Morgan fingerprint density at radius 1 is 1.50 bits per heavy atom. The molecule has 0 bridgehead atoms. The number of rotatable bonds is 3. The van der Waals surface area contributed by atoms with Crippen LogP contribution >= 0.6 is 0 Å². The van der Waals surface area contributed by atoms with Crippen LogP contribution in [0.4, 0.5) is 4.39 Å². The molecule has 0 aliphatic carbocycles. The van der Waals surface area contributed by atoms with Crippen LogP contribution in [0.2, 0.25) is 0 Å². The minimum absolute atomic E-state index is 0.149. The SMILES string of the molecule is CC1CCCN(Cc2nc3ccc(F)cc3o2)C1CO. The molecule has 2 aromatic rings. The van der Waals surface area contributed by atoms with Crippen LogP contribution in [-0.4, -0.2) is 34.2 Å². The summed E-state index contributed by atoms with van der Waals surface area (Å²) < 4.78 is 18.7. The van der Waals surface area contributed by atoms with E-state index in [1.807, 2.05) is 0 Å². The highest BCUT2D eigenvalue weighted by Crippen LogP contribution is 2.25. The maximum absolute atomic E-state index is 13.1. The summed E-state index contributed by atoms with van der Waals surface area (Å²) in [6, 6.07) is 4.51. The van der Waals surface area contributed by atoms with E-state index in [2.05, 4.69) is 16.8 Å². The highest BCUT2D eigenvalue weighted by Gasteiger charge is 2.28. The average Bonchev–Trinajstić information content (AvgIpc) is 2.80. The van der Waals surface area contributed by atoms with Crippen molar-refractivity contribution in [2.24, 2.45) is 5.92 Å². The number of aromatic nitrogens is 1. The largest absolute Gasteiger partial charge is 0.439 e. The molecule has 3 rings (SSSR count). The quantitative estimate of drug-likeness (QED) is 0.937. The van der Waals surface area contributed by atoms with Gasteiger partial charge >= 0.3 is 0 Å². The molecule has 1 N–H and O–H groups in total. The second-order valence-corrected chi connectivity index (χ2v) is 5.56. The predicted octanol–water partition coefficient (Wildman–Crippen LogP) is 2.56. The lowest BCUT2D eigenvalue weighted by molar-refractivity contribution is 0.0418. The fourth-order valence-electron chi connectivity index (χ4n) is 3.01. The van der Waals surface area contributed by atoms with E-state index >= 15 is 0 Å². The summed E-state index contributed by atoms with van der Waals surface area (Å²) in [6.07, 6.45) is 2.26. The third kappa shape index (κ3) is 2.55. The Hall–Kier alpha value is -1.46. The number of benzene rings is 1. The van der Waals surface area contributed by atoms with Crippen molar-refractivity contribution in [1.82, 2.24) is 9.88 Å². The summed E-state index contributed by atoms with van der Waals surface area (Å²) in [4.78, 5) is 6.59. The first kappa shape index (κ1) is 13.5. The van der Waals surface area contributed by atoms with E-state index in [9.17, 15) is 9.50 Å². The molecule has 0 radical (unpaired) electrons. The number of nitrogens with zero attached hydrogens (tertiary/aromatic N) is 2. The molecule has 0 saturated carbocycles. The van der Waals surface area contributed by atoms with Crippen LogP contribution in [0.1, 0.15) is 25.7 Å². The summed E-state index contributed by atoms with van der Waals surface area (Å²) in [5.74, 6) is 0.730. The number of oxazole rings is 1. The maximum Gasteiger partial charge on any atom is 0.209 e. The molecule has 1 aromatic carbocycles. The van der Waals surface area contributed by atoms with Crippen molar-refractivity contribution in [3.8, 4) is 0 Å². The third-order valence-electron chi connectivity index (χ3n) is 4.15. The monoisotopic (exact) mass is 278 g/mol. The molecular formula is C15H19FN2O2. The van der Waals surface area contributed by atoms with Gasteiger partial charge in [0, 0.05) is 12.1 Å². The molecule has 2 heterocycles. The number of aliphatic hydroxyl groups excluding tert-OH is 1. The van der Waals surface area contributed by atoms with E-state index in [0.717, 1.165) is 19.4 Å². The highest BCUT2D eigenvalue weighted by atomic mass is 19.1. The Kier molecular flexibility index (Phi) is 3.72. The number of fused-ring (bicyclic) bond motifs is 1. The van der Waals surface area contributed by atoms with E-state index in [1.165, 1.54) is 12.1 Å². The Balaban J connectivity index is 1.81. The van der Waals surface area contributed by atoms with Crippen molar-refractivity contribution in [3.05, 3.63) is 29.9 Å². The molecule has 20 heavy (non-hydrogen) atoms. The molecule has 1 aliphatic rings. The fraction of sp³-hybridized carbons (Fsp3) is 0.533. The zero-order valence-electron chi connectivity index (χ0n) is 11.6. The fourth-order valence-corrected chi connectivity index (χ4v) is 3.01. The molecule has 0 spiro atoms. The van der Waals surface area contributed by atoms with Gasteiger partial charge in [-0.25, -0.2) is 9.37 Å². The Morgan fingerprint density at radius 3 is 3.15 bits per heavy atom. The molecule has 0 amide bonds. The molecule has 1 saturated heterocycles. The van der Waals surface area contributed by atoms with Gasteiger partial charge in [0.1, 0.15) is 11.3 Å². The average molecular weight is 278 g/mol. The number of halogens is 1. The second kappa shape index (κ2) is 5.50. The number of piperidine rings is 1. The number of likely N-dealkylation sites (tertiary alicyclic amines) is 1. The zero-order valence-corrected chi connectivity index (χ0v) is 11.6. The van der Waals surface area contributed by atoms with E-state index in [1.54, 1.807) is 6.07 Å². The van der Waals surface area contributed by atoms with Crippen molar-refractivity contribution in [1.29, 1.82) is 0 Å². The van der Waals surface area contributed by atoms with Crippen molar-refractivity contribution in [3.63, 3.8) is 0 Å². The van der Waals surface area contributed by atoms with Gasteiger partial charge in [0.05, 0.1) is 13.2 Å². The Morgan fingerprint density at radius 2 is 2.35 bits per heavy atom. The van der Waals surface area contributed by atoms with Crippen LogP contribution < -0.4 is 0 Å². The van der Waals surface area contributed by atoms with Crippen LogP contribution in [0.25, 0.3) is 11.1 Å². The van der Waals surface area contributed by atoms with E-state index in [-0.39, 0.29) is 18.5 Å². The van der Waals surface area contributed by atoms with Gasteiger partial charge in [-0.1, -0.05) is 6.92 Å². The molecule has 5 heteroatoms. The van der Waals surface area contributed by atoms with Gasteiger partial charge in [-0.05, 0) is 37.4 Å². The van der Waals surface area contributed by atoms with Gasteiger partial charge in [-0.3, -0.25) is 4.90 Å². The van der Waals surface area contributed by atoms with E-state index in [0.29, 0.717) is 29.5 Å². The minimum Gasteiger partial charge on any atom is -0.439 e. The summed E-state index contributed by atoms with van der Waals surface area (Å²) in [7, 11) is 0. The van der Waals surface area contributed by atoms with Gasteiger partial charge in [0.25, 0.3) is 0 Å². The smallest absolute Gasteiger partial charge is 0.209 e. The van der Waals surface area contributed by atoms with Gasteiger partial charge in [0.2, 0.25) is 5.89 Å². The van der Waals surface area contributed by atoms with Crippen LogP contribution in [0, 0.1) is 11.7 Å². The minimum atomic E-state index is -0.319. The summed E-state index contributed by atoms with van der Waals surface area (Å²) in [5.41, 5.74) is 1.15. The number of hydrogen-bond acceptors (Lipinski definition) is 4. The van der Waals surface area contributed by atoms with E-state index in [4.69, 9.17) is 4.42 Å². The lowest BCUT2D eigenvalue weighted by Gasteiger charge is -2.38. The van der Waals surface area contributed by atoms with Crippen molar-refractivity contribution in [2.45, 2.75) is 32.4 Å². The second-order valence-electron chi connectivity index (χ2n) is 5.56. The maximum atomic E-state index is 13.1. The van der Waals surface area contributed by atoms with Crippen LogP contribution in [-0.2, 0) is 6.54 Å². The van der Waals surface area contributed by atoms with Crippen LogP contribution in [0.15, 0.2) is 22.6 Å². The Bertz CT molecular complexity index is 599. The Labute approximate surface area is 117 Å². The molecule has 108 valence electrons. The van der Waals surface area contributed by atoms with Crippen molar-refractivity contribution >= 4 is 11.1 Å². The highest BCUT2D eigenvalue weighted by molar-refractivity contribution is 5.72.